The van der Waals surface area contributed by atoms with Gasteiger partial charge < -0.3 is 15.4 Å². The molecule has 1 aliphatic rings. The van der Waals surface area contributed by atoms with Crippen LogP contribution in [0, 0.1) is 12.8 Å². The molecule has 2 amide bonds. The first-order valence-corrected chi connectivity index (χ1v) is 6.91. The number of aryl methyl sites for hydroxylation is 1. The summed E-state index contributed by atoms with van der Waals surface area (Å²) < 4.78 is 5.38. The van der Waals surface area contributed by atoms with Gasteiger partial charge in [-0.25, -0.2) is 4.79 Å². The molecule has 0 aromatic heterocycles. The largest absolute Gasteiger partial charge is 0.381 e. The van der Waals surface area contributed by atoms with Crippen molar-refractivity contribution in [2.45, 2.75) is 19.8 Å². The number of nitrogens with one attached hydrogen (secondary N) is 2. The number of halogens is 1. The van der Waals surface area contributed by atoms with Gasteiger partial charge in [-0.1, -0.05) is 11.6 Å². The number of rotatable bonds is 3. The molecule has 1 heterocycles. The number of carbonyl (C=O) groups excluding carboxylic acids is 1. The molecule has 5 heteroatoms. The van der Waals surface area contributed by atoms with Gasteiger partial charge in [0, 0.05) is 23.9 Å². The lowest BCUT2D eigenvalue weighted by Crippen LogP contribution is -2.35. The van der Waals surface area contributed by atoms with Crippen molar-refractivity contribution in [1.82, 2.24) is 5.32 Å². The van der Waals surface area contributed by atoms with Crippen LogP contribution in [0.5, 0.6) is 0 Å². The lowest BCUT2D eigenvalue weighted by atomic mass is 10.0. The molecule has 1 aliphatic heterocycles. The minimum Gasteiger partial charge on any atom is -0.381 e. The second-order valence-electron chi connectivity index (χ2n) is 4.88. The van der Waals surface area contributed by atoms with Gasteiger partial charge >= 0.3 is 6.03 Å². The molecule has 1 aromatic rings. The zero-order valence-electron chi connectivity index (χ0n) is 11.0. The van der Waals surface area contributed by atoms with Gasteiger partial charge in [0.2, 0.25) is 0 Å². The highest BCUT2D eigenvalue weighted by Crippen LogP contribution is 2.19. The van der Waals surface area contributed by atoms with Crippen LogP contribution in [0.15, 0.2) is 18.2 Å². The Kier molecular flexibility index (Phi) is 5.05. The molecule has 0 aliphatic carbocycles. The fourth-order valence-electron chi connectivity index (χ4n) is 2.10. The van der Waals surface area contributed by atoms with Crippen LogP contribution in [0.2, 0.25) is 5.02 Å². The summed E-state index contributed by atoms with van der Waals surface area (Å²) in [6.07, 6.45) is 2.19. The second-order valence-corrected chi connectivity index (χ2v) is 5.29. The Bertz CT molecular complexity index is 445. The van der Waals surface area contributed by atoms with Crippen molar-refractivity contribution in [2.24, 2.45) is 5.92 Å². The molecule has 0 saturated carbocycles. The monoisotopic (exact) mass is 282 g/mol. The maximum atomic E-state index is 11.8. The van der Waals surface area contributed by atoms with Crippen LogP contribution in [0.4, 0.5) is 10.5 Å². The molecule has 2 rings (SSSR count). The highest BCUT2D eigenvalue weighted by Gasteiger charge is 2.14. The first-order valence-electron chi connectivity index (χ1n) is 6.54. The minimum absolute atomic E-state index is 0.188. The van der Waals surface area contributed by atoms with Crippen LogP contribution in [-0.4, -0.2) is 25.8 Å². The normalized spacial score (nSPS) is 18.9. The first-order chi connectivity index (χ1) is 9.15. The van der Waals surface area contributed by atoms with Crippen LogP contribution in [0.3, 0.4) is 0 Å². The van der Waals surface area contributed by atoms with E-state index >= 15 is 0 Å². The van der Waals surface area contributed by atoms with Crippen LogP contribution in [0.1, 0.15) is 18.4 Å². The van der Waals surface area contributed by atoms with Crippen molar-refractivity contribution in [3.63, 3.8) is 0 Å². The number of benzene rings is 1. The van der Waals surface area contributed by atoms with Crippen molar-refractivity contribution in [2.75, 3.05) is 25.1 Å². The van der Waals surface area contributed by atoms with Gasteiger partial charge in [0.15, 0.2) is 0 Å². The second kappa shape index (κ2) is 6.78. The van der Waals surface area contributed by atoms with Gasteiger partial charge in [0.05, 0.1) is 6.61 Å². The fraction of sp³-hybridized carbons (Fsp3) is 0.500. The minimum atomic E-state index is -0.188. The predicted molar refractivity (Wildman–Crippen MR) is 76.8 cm³/mol. The fourth-order valence-corrected chi connectivity index (χ4v) is 2.22. The average molecular weight is 283 g/mol. The van der Waals surface area contributed by atoms with Gasteiger partial charge in [0.1, 0.15) is 0 Å². The van der Waals surface area contributed by atoms with Gasteiger partial charge in [-0.3, -0.25) is 0 Å². The van der Waals surface area contributed by atoms with E-state index in [9.17, 15) is 4.79 Å². The quantitative estimate of drug-likeness (QED) is 0.894. The molecule has 1 atom stereocenters. The van der Waals surface area contributed by atoms with E-state index in [4.69, 9.17) is 16.3 Å². The van der Waals surface area contributed by atoms with Crippen LogP contribution in [0.25, 0.3) is 0 Å². The highest BCUT2D eigenvalue weighted by molar-refractivity contribution is 6.31. The molecule has 0 bridgehead atoms. The van der Waals surface area contributed by atoms with Crippen LogP contribution in [-0.2, 0) is 4.74 Å². The van der Waals surface area contributed by atoms with Crippen molar-refractivity contribution < 1.29 is 9.53 Å². The number of amides is 2. The van der Waals surface area contributed by atoms with E-state index in [-0.39, 0.29) is 6.03 Å². The number of carbonyl (C=O) groups is 1. The van der Waals surface area contributed by atoms with Gasteiger partial charge in [-0.15, -0.1) is 0 Å². The number of urea groups is 1. The van der Waals surface area contributed by atoms with Crippen molar-refractivity contribution in [3.8, 4) is 0 Å². The predicted octanol–water partition coefficient (Wildman–Crippen LogP) is 3.20. The first kappa shape index (κ1) is 14.2. The Morgan fingerprint density at radius 2 is 2.37 bits per heavy atom. The standard InChI is InChI=1S/C14H19ClN2O2/c1-10-7-12(4-5-13(10)15)17-14(18)16-8-11-3-2-6-19-9-11/h4-5,7,11H,2-3,6,8-9H2,1H3,(H2,16,17,18)/t11-/m0/s1. The topological polar surface area (TPSA) is 50.4 Å². The third-order valence-corrected chi connectivity index (χ3v) is 3.65. The van der Waals surface area contributed by atoms with E-state index in [1.165, 1.54) is 0 Å². The van der Waals surface area contributed by atoms with Crippen LogP contribution >= 0.6 is 11.6 Å². The smallest absolute Gasteiger partial charge is 0.319 e. The van der Waals surface area contributed by atoms with Crippen molar-refractivity contribution >= 4 is 23.3 Å². The van der Waals surface area contributed by atoms with Crippen molar-refractivity contribution in [1.29, 1.82) is 0 Å². The molecule has 1 aromatic carbocycles. The summed E-state index contributed by atoms with van der Waals surface area (Å²) in [4.78, 5) is 11.8. The molecule has 104 valence electrons. The zero-order chi connectivity index (χ0) is 13.7. The van der Waals surface area contributed by atoms with E-state index in [1.54, 1.807) is 12.1 Å². The van der Waals surface area contributed by atoms with Gasteiger partial charge in [-0.2, -0.15) is 0 Å². The third kappa shape index (κ3) is 4.40. The van der Waals surface area contributed by atoms with Crippen LogP contribution < -0.4 is 10.6 Å². The summed E-state index contributed by atoms with van der Waals surface area (Å²) in [6.45, 7) is 4.14. The van der Waals surface area contributed by atoms with E-state index in [1.807, 2.05) is 13.0 Å². The summed E-state index contributed by atoms with van der Waals surface area (Å²) in [5.74, 6) is 0.423. The lowest BCUT2D eigenvalue weighted by molar-refractivity contribution is 0.0559. The Hall–Kier alpha value is -1.26. The number of anilines is 1. The highest BCUT2D eigenvalue weighted by atomic mass is 35.5. The molecule has 2 N–H and O–H groups in total. The van der Waals surface area contributed by atoms with Gasteiger partial charge in [-0.05, 0) is 49.4 Å². The Labute approximate surface area is 118 Å². The summed E-state index contributed by atoms with van der Waals surface area (Å²) in [6, 6.07) is 5.23. The Morgan fingerprint density at radius 1 is 1.53 bits per heavy atom. The SMILES string of the molecule is Cc1cc(NC(=O)NC[C@@H]2CCCOC2)ccc1Cl. The maximum absolute atomic E-state index is 11.8. The molecule has 1 fully saturated rings. The molecular formula is C14H19ClN2O2. The zero-order valence-corrected chi connectivity index (χ0v) is 11.8. The average Bonchev–Trinajstić information content (AvgIpc) is 2.42. The summed E-state index contributed by atoms with van der Waals surface area (Å²) in [7, 11) is 0. The summed E-state index contributed by atoms with van der Waals surface area (Å²) in [5, 5.41) is 6.37. The Balaban J connectivity index is 1.78. The van der Waals surface area contributed by atoms with Gasteiger partial charge in [0.25, 0.3) is 0 Å². The van der Waals surface area contributed by atoms with E-state index in [2.05, 4.69) is 10.6 Å². The molecule has 0 radical (unpaired) electrons. The van der Waals surface area contributed by atoms with E-state index in [0.29, 0.717) is 17.5 Å². The molecule has 0 spiro atoms. The third-order valence-electron chi connectivity index (χ3n) is 3.22. The molecule has 19 heavy (non-hydrogen) atoms. The molecule has 4 nitrogen and oxygen atoms in total. The number of hydrogen-bond acceptors (Lipinski definition) is 2. The van der Waals surface area contributed by atoms with E-state index < -0.39 is 0 Å². The molecular weight excluding hydrogens is 264 g/mol. The molecule has 1 saturated heterocycles. The maximum Gasteiger partial charge on any atom is 0.319 e. The Morgan fingerprint density at radius 3 is 3.05 bits per heavy atom. The molecule has 0 unspecified atom stereocenters. The van der Waals surface area contributed by atoms with Crippen molar-refractivity contribution in [3.05, 3.63) is 28.8 Å². The summed E-state index contributed by atoms with van der Waals surface area (Å²) >= 11 is 5.94. The number of ether oxygens (including phenoxy) is 1. The van der Waals surface area contributed by atoms with E-state index in [0.717, 1.165) is 37.3 Å². The number of hydrogen-bond donors (Lipinski definition) is 2. The summed E-state index contributed by atoms with van der Waals surface area (Å²) in [5.41, 5.74) is 1.69. The lowest BCUT2D eigenvalue weighted by Gasteiger charge is -2.22.